The van der Waals surface area contributed by atoms with Gasteiger partial charge in [0.05, 0.1) is 10.4 Å². The number of nitrogens with one attached hydrogen (secondary N) is 3. The molecule has 0 aliphatic heterocycles. The quantitative estimate of drug-likeness (QED) is 0.398. The highest BCUT2D eigenvalue weighted by Gasteiger charge is 2.21. The molecule has 5 rings (SSSR count). The third-order valence-corrected chi connectivity index (χ3v) is 6.19. The molecule has 30 heavy (non-hydrogen) atoms. The molecular formula is C22H27N5O2S. The third kappa shape index (κ3) is 3.86. The second kappa shape index (κ2) is 7.14. The molecule has 1 aliphatic carbocycles. The number of rotatable bonds is 6. The van der Waals surface area contributed by atoms with Gasteiger partial charge in [-0.25, -0.2) is 13.4 Å². The van der Waals surface area contributed by atoms with Crippen LogP contribution >= 0.6 is 0 Å². The number of hydrogen-bond donors (Lipinski definition) is 3. The number of benzene rings is 2. The van der Waals surface area contributed by atoms with Gasteiger partial charge in [-0.05, 0) is 61.4 Å². The fourth-order valence-electron chi connectivity index (χ4n) is 3.38. The predicted octanol–water partition coefficient (Wildman–Crippen LogP) is 5.08. The largest absolute Gasteiger partial charge is 0.367 e. The van der Waals surface area contributed by atoms with E-state index in [0.29, 0.717) is 11.7 Å². The minimum Gasteiger partial charge on any atom is -0.367 e. The lowest BCUT2D eigenvalue weighted by atomic mass is 10.1. The van der Waals surface area contributed by atoms with Gasteiger partial charge in [-0.1, -0.05) is 6.07 Å². The second-order valence-corrected chi connectivity index (χ2v) is 9.62. The molecule has 2 heterocycles. The van der Waals surface area contributed by atoms with E-state index in [2.05, 4.69) is 25.8 Å². The minimum atomic E-state index is -3.26. The first-order valence-electron chi connectivity index (χ1n) is 9.74. The van der Waals surface area contributed by atoms with Crippen molar-refractivity contribution in [3.8, 4) is 11.3 Å². The Hall–Kier alpha value is -3.39. The van der Waals surface area contributed by atoms with Crippen LogP contribution in [0.3, 0.4) is 0 Å². The van der Waals surface area contributed by atoms with Gasteiger partial charge in [0.2, 0.25) is 0 Å². The molecular weight excluding hydrogens is 398 g/mol. The lowest BCUT2D eigenvalue weighted by Crippen LogP contribution is -2.02. The van der Waals surface area contributed by atoms with Crippen LogP contribution in [0.5, 0.6) is 0 Å². The lowest BCUT2D eigenvalue weighted by molar-refractivity contribution is 0.602. The molecule has 1 aliphatic rings. The van der Waals surface area contributed by atoms with Crippen molar-refractivity contribution in [3.05, 3.63) is 60.8 Å². The Labute approximate surface area is 178 Å². The summed E-state index contributed by atoms with van der Waals surface area (Å²) in [5.74, 6) is 0.859. The Bertz CT molecular complexity index is 1360. The third-order valence-electron chi connectivity index (χ3n) is 5.08. The van der Waals surface area contributed by atoms with Crippen LogP contribution < -0.4 is 10.6 Å². The first-order chi connectivity index (χ1) is 14.5. The molecule has 0 bridgehead atoms. The van der Waals surface area contributed by atoms with Gasteiger partial charge in [0, 0.05) is 45.1 Å². The second-order valence-electron chi connectivity index (χ2n) is 7.61. The number of aromatic nitrogens is 3. The zero-order chi connectivity index (χ0) is 20.7. The van der Waals surface area contributed by atoms with Crippen molar-refractivity contribution in [3.63, 3.8) is 0 Å². The van der Waals surface area contributed by atoms with Crippen molar-refractivity contribution in [1.82, 2.24) is 15.2 Å². The van der Waals surface area contributed by atoms with Gasteiger partial charge in [-0.15, -0.1) is 0 Å². The average Bonchev–Trinajstić information content (AvgIpc) is 3.43. The standard InChI is InChI=1S/C22H21N5O2S.3H2/c1-30(28,29)18-4-2-3-16(12-18)24-17-7-8-20-19(13-17)22(27-26-20)14-9-10-23-21(11-14)25-15-5-6-15;;;/h2-4,7-13,15,24H,5-6H2,1H3,(H,23,25)(H,26,27);3*1H. The lowest BCUT2D eigenvalue weighted by Gasteiger charge is -2.09. The number of fused-ring (bicyclic) bond motifs is 1. The summed E-state index contributed by atoms with van der Waals surface area (Å²) in [5, 5.41) is 15.3. The number of aromatic amines is 1. The Kier molecular flexibility index (Phi) is 4.43. The first kappa shape index (κ1) is 18.6. The Morgan fingerprint density at radius 1 is 1.07 bits per heavy atom. The van der Waals surface area contributed by atoms with Crippen molar-refractivity contribution in [2.24, 2.45) is 0 Å². The summed E-state index contributed by atoms with van der Waals surface area (Å²) in [7, 11) is -3.26. The van der Waals surface area contributed by atoms with Gasteiger partial charge < -0.3 is 10.6 Å². The first-order valence-corrected chi connectivity index (χ1v) is 11.6. The minimum absolute atomic E-state index is 0. The van der Waals surface area contributed by atoms with Crippen LogP contribution in [-0.2, 0) is 9.84 Å². The van der Waals surface area contributed by atoms with Gasteiger partial charge in [-0.2, -0.15) is 5.10 Å². The summed E-state index contributed by atoms with van der Waals surface area (Å²) in [4.78, 5) is 4.68. The maximum Gasteiger partial charge on any atom is 0.175 e. The van der Waals surface area contributed by atoms with E-state index in [1.54, 1.807) is 24.4 Å². The van der Waals surface area contributed by atoms with Gasteiger partial charge in [0.25, 0.3) is 0 Å². The van der Waals surface area contributed by atoms with E-state index in [4.69, 9.17) is 0 Å². The Balaban J connectivity index is 0.00000128. The van der Waals surface area contributed by atoms with Crippen LogP contribution in [0.15, 0.2) is 65.7 Å². The number of pyridine rings is 1. The van der Waals surface area contributed by atoms with Crippen LogP contribution in [-0.4, -0.2) is 35.9 Å². The molecule has 8 heteroatoms. The smallest absolute Gasteiger partial charge is 0.175 e. The summed E-state index contributed by atoms with van der Waals surface area (Å²) in [6, 6.07) is 17.2. The number of hydrogen-bond acceptors (Lipinski definition) is 6. The van der Waals surface area contributed by atoms with Gasteiger partial charge in [0.1, 0.15) is 11.5 Å². The molecule has 158 valence electrons. The summed E-state index contributed by atoms with van der Waals surface area (Å²) < 4.78 is 23.7. The van der Waals surface area contributed by atoms with E-state index in [9.17, 15) is 8.42 Å². The van der Waals surface area contributed by atoms with Crippen LogP contribution in [0.1, 0.15) is 17.1 Å². The van der Waals surface area contributed by atoms with Gasteiger partial charge >= 0.3 is 0 Å². The summed E-state index contributed by atoms with van der Waals surface area (Å²) in [6.07, 6.45) is 5.37. The van der Waals surface area contributed by atoms with Gasteiger partial charge in [0.15, 0.2) is 9.84 Å². The average molecular weight is 426 g/mol. The number of anilines is 3. The topological polar surface area (TPSA) is 99.8 Å². The molecule has 0 radical (unpaired) electrons. The highest BCUT2D eigenvalue weighted by Crippen LogP contribution is 2.31. The molecule has 0 atom stereocenters. The van der Waals surface area contributed by atoms with Crippen LogP contribution in [0, 0.1) is 0 Å². The fourth-order valence-corrected chi connectivity index (χ4v) is 4.04. The SMILES string of the molecule is CS(=O)(=O)c1cccc(Nc2ccc3[nH]nc(-c4ccnc(NC5CC5)c4)c3c2)c1.[HH].[HH].[HH]. The molecule has 1 fully saturated rings. The summed E-state index contributed by atoms with van der Waals surface area (Å²) in [6.45, 7) is 0. The van der Waals surface area contributed by atoms with Crippen molar-refractivity contribution >= 4 is 37.9 Å². The van der Waals surface area contributed by atoms with E-state index in [1.165, 1.54) is 19.1 Å². The van der Waals surface area contributed by atoms with E-state index in [0.717, 1.165) is 33.7 Å². The van der Waals surface area contributed by atoms with Gasteiger partial charge in [-0.3, -0.25) is 5.10 Å². The Morgan fingerprint density at radius 2 is 1.90 bits per heavy atom. The molecule has 4 aromatic rings. The zero-order valence-electron chi connectivity index (χ0n) is 16.4. The predicted molar refractivity (Wildman–Crippen MR) is 125 cm³/mol. The Morgan fingerprint density at radius 3 is 2.70 bits per heavy atom. The normalized spacial score (nSPS) is 14.0. The zero-order valence-corrected chi connectivity index (χ0v) is 17.2. The summed E-state index contributed by atoms with van der Waals surface area (Å²) >= 11 is 0. The molecule has 7 nitrogen and oxygen atoms in total. The van der Waals surface area contributed by atoms with Crippen molar-refractivity contribution in [2.75, 3.05) is 16.9 Å². The molecule has 3 N–H and O–H groups in total. The number of sulfone groups is 1. The van der Waals surface area contributed by atoms with E-state index < -0.39 is 9.84 Å². The van der Waals surface area contributed by atoms with Crippen molar-refractivity contribution in [1.29, 1.82) is 0 Å². The molecule has 2 aromatic carbocycles. The van der Waals surface area contributed by atoms with Crippen molar-refractivity contribution < 1.29 is 12.7 Å². The summed E-state index contributed by atoms with van der Waals surface area (Å²) in [5.41, 5.74) is 4.31. The molecule has 2 aromatic heterocycles. The fraction of sp³-hybridized carbons (Fsp3) is 0.182. The number of H-pyrrole nitrogens is 1. The molecule has 0 spiro atoms. The van der Waals surface area contributed by atoms with E-state index >= 15 is 0 Å². The molecule has 1 saturated carbocycles. The highest BCUT2D eigenvalue weighted by atomic mass is 32.2. The van der Waals surface area contributed by atoms with E-state index in [1.807, 2.05) is 36.4 Å². The highest BCUT2D eigenvalue weighted by molar-refractivity contribution is 7.90. The molecule has 0 saturated heterocycles. The molecule has 0 unspecified atom stereocenters. The molecule has 0 amide bonds. The van der Waals surface area contributed by atoms with Crippen LogP contribution in [0.4, 0.5) is 17.2 Å². The van der Waals surface area contributed by atoms with Crippen LogP contribution in [0.2, 0.25) is 0 Å². The maximum absolute atomic E-state index is 11.8. The monoisotopic (exact) mass is 425 g/mol. The number of nitrogens with zero attached hydrogens (tertiary/aromatic N) is 2. The maximum atomic E-state index is 11.8. The van der Waals surface area contributed by atoms with E-state index in [-0.39, 0.29) is 9.18 Å². The van der Waals surface area contributed by atoms with Crippen LogP contribution in [0.25, 0.3) is 22.2 Å². The van der Waals surface area contributed by atoms with Crippen molar-refractivity contribution in [2.45, 2.75) is 23.8 Å².